The van der Waals surface area contributed by atoms with Gasteiger partial charge in [-0.25, -0.2) is 8.42 Å². The van der Waals surface area contributed by atoms with E-state index in [1.165, 1.54) is 37.4 Å². The molecule has 0 saturated heterocycles. The summed E-state index contributed by atoms with van der Waals surface area (Å²) in [5.74, 6) is -1.18. The molecule has 2 aromatic rings. The third-order valence-electron chi connectivity index (χ3n) is 3.59. The van der Waals surface area contributed by atoms with Crippen LogP contribution in [0.3, 0.4) is 0 Å². The van der Waals surface area contributed by atoms with Crippen molar-refractivity contribution in [2.75, 3.05) is 17.1 Å². The van der Waals surface area contributed by atoms with E-state index in [-0.39, 0.29) is 28.7 Å². The lowest BCUT2D eigenvalue weighted by atomic mass is 10.1. The Morgan fingerprint density at radius 3 is 2.44 bits per heavy atom. The fraction of sp³-hybridized carbons (Fsp3) is 0.222. The van der Waals surface area contributed by atoms with Crippen LogP contribution in [-0.2, 0) is 26.0 Å². The quantitative estimate of drug-likeness (QED) is 0.634. The Balaban J connectivity index is 2.34. The lowest BCUT2D eigenvalue weighted by Crippen LogP contribution is -2.15. The number of carbonyl (C=O) groups is 2. The molecule has 3 N–H and O–H groups in total. The number of hydrogen-bond donors (Lipinski definition) is 3. The first kappa shape index (κ1) is 20.2. The van der Waals surface area contributed by atoms with Gasteiger partial charge in [0.25, 0.3) is 10.0 Å². The molecule has 0 aliphatic carbocycles. The van der Waals surface area contributed by atoms with Gasteiger partial charge in [0, 0.05) is 12.1 Å². The number of carboxylic acid groups (broad SMARTS) is 1. The molecule has 0 saturated carbocycles. The molecule has 0 aromatic heterocycles. The predicted octanol–water partition coefficient (Wildman–Crippen LogP) is 2.47. The van der Waals surface area contributed by atoms with Crippen LogP contribution in [0.1, 0.15) is 18.9 Å². The van der Waals surface area contributed by atoms with Gasteiger partial charge in [0.15, 0.2) is 0 Å². The third-order valence-corrected chi connectivity index (χ3v) is 5.00. The molecule has 0 atom stereocenters. The average Bonchev–Trinajstić information content (AvgIpc) is 2.61. The summed E-state index contributed by atoms with van der Waals surface area (Å²) in [5, 5.41) is 11.6. The van der Waals surface area contributed by atoms with E-state index < -0.39 is 16.0 Å². The lowest BCUT2D eigenvalue weighted by molar-refractivity contribution is -0.136. The Bertz CT molecular complexity index is 956. The minimum absolute atomic E-state index is 0.0899. The van der Waals surface area contributed by atoms with Crippen molar-refractivity contribution < 1.29 is 27.9 Å². The van der Waals surface area contributed by atoms with Crippen molar-refractivity contribution in [1.82, 2.24) is 0 Å². The molecule has 0 bridgehead atoms. The zero-order valence-corrected chi connectivity index (χ0v) is 15.7. The molecular weight excluding hydrogens is 372 g/mol. The van der Waals surface area contributed by atoms with Crippen LogP contribution in [0.4, 0.5) is 11.4 Å². The molecule has 1 amide bonds. The molecule has 2 rings (SSSR count). The first-order valence-corrected chi connectivity index (χ1v) is 9.55. The van der Waals surface area contributed by atoms with Crippen LogP contribution >= 0.6 is 0 Å². The van der Waals surface area contributed by atoms with Gasteiger partial charge in [-0.15, -0.1) is 0 Å². The smallest absolute Gasteiger partial charge is 0.307 e. The number of methoxy groups -OCH3 is 1. The fourth-order valence-electron chi connectivity index (χ4n) is 2.34. The van der Waals surface area contributed by atoms with E-state index in [9.17, 15) is 18.0 Å². The largest absolute Gasteiger partial charge is 0.495 e. The number of sulfonamides is 1. The van der Waals surface area contributed by atoms with Crippen LogP contribution in [0.5, 0.6) is 5.75 Å². The van der Waals surface area contributed by atoms with Gasteiger partial charge >= 0.3 is 5.97 Å². The average molecular weight is 392 g/mol. The van der Waals surface area contributed by atoms with Crippen molar-refractivity contribution >= 4 is 33.3 Å². The van der Waals surface area contributed by atoms with Crippen LogP contribution in [0.2, 0.25) is 0 Å². The van der Waals surface area contributed by atoms with E-state index in [0.29, 0.717) is 17.7 Å². The molecule has 0 fully saturated rings. The number of benzene rings is 2. The molecule has 8 nitrogen and oxygen atoms in total. The summed E-state index contributed by atoms with van der Waals surface area (Å²) in [6.07, 6.45) is -0.0193. The number of nitrogens with one attached hydrogen (secondary N) is 2. The Morgan fingerprint density at radius 2 is 1.81 bits per heavy atom. The van der Waals surface area contributed by atoms with E-state index in [1.54, 1.807) is 19.1 Å². The number of ether oxygens (including phenoxy) is 1. The van der Waals surface area contributed by atoms with E-state index in [0.717, 1.165) is 0 Å². The van der Waals surface area contributed by atoms with E-state index in [2.05, 4.69) is 10.0 Å². The summed E-state index contributed by atoms with van der Waals surface area (Å²) < 4.78 is 33.1. The first-order valence-electron chi connectivity index (χ1n) is 8.06. The molecule has 144 valence electrons. The second-order valence-electron chi connectivity index (χ2n) is 5.64. The van der Waals surface area contributed by atoms with Crippen LogP contribution < -0.4 is 14.8 Å². The third kappa shape index (κ3) is 5.45. The van der Waals surface area contributed by atoms with Gasteiger partial charge in [0.05, 0.1) is 19.2 Å². The predicted molar refractivity (Wildman–Crippen MR) is 101 cm³/mol. The van der Waals surface area contributed by atoms with Gasteiger partial charge in [-0.2, -0.15) is 0 Å². The number of rotatable bonds is 8. The maximum Gasteiger partial charge on any atom is 0.307 e. The van der Waals surface area contributed by atoms with Crippen LogP contribution in [0.15, 0.2) is 47.4 Å². The second-order valence-corrected chi connectivity index (χ2v) is 7.29. The summed E-state index contributed by atoms with van der Waals surface area (Å²) in [6, 6.07) is 10.4. The van der Waals surface area contributed by atoms with Gasteiger partial charge in [0.2, 0.25) is 5.91 Å². The minimum Gasteiger partial charge on any atom is -0.495 e. The Morgan fingerprint density at radius 1 is 1.11 bits per heavy atom. The Hall–Kier alpha value is -3.07. The van der Waals surface area contributed by atoms with Crippen molar-refractivity contribution in [3.63, 3.8) is 0 Å². The standard InChI is InChI=1S/C18H20N2O6S/c1-3-17(21)19-13-5-4-6-14(11-13)20-27(24,25)16-9-12(10-18(22)23)7-8-15(16)26-2/h4-9,11,20H,3,10H2,1-2H3,(H,19,21)(H,22,23). The Kier molecular flexibility index (Phi) is 6.40. The number of carboxylic acids is 1. The highest BCUT2D eigenvalue weighted by molar-refractivity contribution is 7.92. The topological polar surface area (TPSA) is 122 Å². The lowest BCUT2D eigenvalue weighted by Gasteiger charge is -2.13. The summed E-state index contributed by atoms with van der Waals surface area (Å²) in [6.45, 7) is 1.71. The Labute approximate surface area is 157 Å². The van der Waals surface area contributed by atoms with Crippen LogP contribution in [-0.4, -0.2) is 32.5 Å². The van der Waals surface area contributed by atoms with Gasteiger partial charge in [-0.1, -0.05) is 19.1 Å². The highest BCUT2D eigenvalue weighted by Gasteiger charge is 2.21. The zero-order chi connectivity index (χ0) is 20.0. The van der Waals surface area contributed by atoms with E-state index in [1.807, 2.05) is 0 Å². The number of anilines is 2. The van der Waals surface area contributed by atoms with Crippen molar-refractivity contribution in [2.45, 2.75) is 24.7 Å². The molecule has 0 unspecified atom stereocenters. The molecule has 2 aromatic carbocycles. The number of carbonyl (C=O) groups excluding carboxylic acids is 1. The fourth-order valence-corrected chi connectivity index (χ4v) is 3.61. The number of aliphatic carboxylic acids is 1. The van der Waals surface area contributed by atoms with Crippen molar-refractivity contribution in [1.29, 1.82) is 0 Å². The molecule has 0 radical (unpaired) electrons. The minimum atomic E-state index is -4.05. The molecule has 27 heavy (non-hydrogen) atoms. The van der Waals surface area contributed by atoms with Crippen molar-refractivity contribution in [2.24, 2.45) is 0 Å². The van der Waals surface area contributed by atoms with Gasteiger partial charge in [-0.3, -0.25) is 14.3 Å². The normalized spacial score (nSPS) is 10.9. The summed E-state index contributed by atoms with van der Waals surface area (Å²) in [4.78, 5) is 22.2. The van der Waals surface area contributed by atoms with Crippen LogP contribution in [0, 0.1) is 0 Å². The molecule has 0 spiro atoms. The molecule has 0 aliphatic rings. The van der Waals surface area contributed by atoms with E-state index >= 15 is 0 Å². The van der Waals surface area contributed by atoms with Gasteiger partial charge in [-0.05, 0) is 35.9 Å². The first-order chi connectivity index (χ1) is 12.7. The van der Waals surface area contributed by atoms with Gasteiger partial charge in [0.1, 0.15) is 10.6 Å². The van der Waals surface area contributed by atoms with E-state index in [4.69, 9.17) is 9.84 Å². The number of hydrogen-bond acceptors (Lipinski definition) is 5. The second kappa shape index (κ2) is 8.54. The molecule has 0 aliphatic heterocycles. The van der Waals surface area contributed by atoms with Crippen LogP contribution in [0.25, 0.3) is 0 Å². The van der Waals surface area contributed by atoms with Crippen molar-refractivity contribution in [3.05, 3.63) is 48.0 Å². The number of amides is 1. The molecule has 0 heterocycles. The molecule has 9 heteroatoms. The summed E-state index contributed by atoms with van der Waals surface area (Å²) in [7, 11) is -2.72. The summed E-state index contributed by atoms with van der Waals surface area (Å²) >= 11 is 0. The van der Waals surface area contributed by atoms with Crippen molar-refractivity contribution in [3.8, 4) is 5.75 Å². The monoisotopic (exact) mass is 392 g/mol. The van der Waals surface area contributed by atoms with Gasteiger partial charge < -0.3 is 15.2 Å². The SMILES string of the molecule is CCC(=O)Nc1cccc(NS(=O)(=O)c2cc(CC(=O)O)ccc2OC)c1. The highest BCUT2D eigenvalue weighted by Crippen LogP contribution is 2.28. The zero-order valence-electron chi connectivity index (χ0n) is 14.9. The summed E-state index contributed by atoms with van der Waals surface area (Å²) in [5.41, 5.74) is 1.02. The maximum absolute atomic E-state index is 12.8. The maximum atomic E-state index is 12.8. The molecular formula is C18H20N2O6S. The highest BCUT2D eigenvalue weighted by atomic mass is 32.2.